The van der Waals surface area contributed by atoms with Crippen LogP contribution in [0.15, 0.2) is 235 Å². The molecule has 0 spiro atoms. The van der Waals surface area contributed by atoms with Crippen LogP contribution in [0, 0.1) is 0 Å². The highest BCUT2D eigenvalue weighted by Crippen LogP contribution is 2.40. The van der Waals surface area contributed by atoms with Crippen LogP contribution < -0.4 is 0 Å². The number of furan rings is 1. The van der Waals surface area contributed by atoms with E-state index in [4.69, 9.17) is 4.42 Å². The standard InChI is InChI=1S/C60H38N2O/c1-3-11-39(12-4-1)45-27-33-50-51-34-28-46(40-13-5-2-6-14-40)36-57(51)62(56(50)35-45)48-31-25-44(26-32-48)42-21-19-41(20-22-42)43-23-29-47(30-24-43)61-55-17-9-7-15-49(55)53-38-60-54(37-58(53)61)52-16-8-10-18-59(52)63-60/h1-38H. The van der Waals surface area contributed by atoms with Gasteiger partial charge in [-0.15, -0.1) is 0 Å². The van der Waals surface area contributed by atoms with Crippen molar-refractivity contribution in [3.8, 4) is 55.9 Å². The fraction of sp³-hybridized carbons (Fsp3) is 0. The summed E-state index contributed by atoms with van der Waals surface area (Å²) in [5.41, 5.74) is 18.4. The van der Waals surface area contributed by atoms with Gasteiger partial charge in [0, 0.05) is 43.7 Å². The van der Waals surface area contributed by atoms with Crippen molar-refractivity contribution in [1.29, 1.82) is 0 Å². The van der Waals surface area contributed by atoms with E-state index in [1.54, 1.807) is 0 Å². The highest BCUT2D eigenvalue weighted by molar-refractivity contribution is 6.17. The number of hydrogen-bond donors (Lipinski definition) is 0. The molecule has 3 heteroatoms. The van der Waals surface area contributed by atoms with Crippen LogP contribution in [0.5, 0.6) is 0 Å². The van der Waals surface area contributed by atoms with Crippen LogP contribution in [-0.4, -0.2) is 9.13 Å². The lowest BCUT2D eigenvalue weighted by atomic mass is 10.00. The molecule has 0 unspecified atom stereocenters. The van der Waals surface area contributed by atoms with Gasteiger partial charge in [0.25, 0.3) is 0 Å². The highest BCUT2D eigenvalue weighted by Gasteiger charge is 2.18. The second-order valence-electron chi connectivity index (χ2n) is 16.5. The summed E-state index contributed by atoms with van der Waals surface area (Å²) in [5.74, 6) is 0. The number of rotatable bonds is 6. The van der Waals surface area contributed by atoms with Crippen LogP contribution in [0.2, 0.25) is 0 Å². The van der Waals surface area contributed by atoms with Gasteiger partial charge in [0.2, 0.25) is 0 Å². The first-order valence-corrected chi connectivity index (χ1v) is 21.6. The Hall–Kier alpha value is -8.40. The molecule has 0 saturated heterocycles. The maximum Gasteiger partial charge on any atom is 0.136 e. The number of benzene rings is 10. The lowest BCUT2D eigenvalue weighted by molar-refractivity contribution is 0.669. The van der Waals surface area contributed by atoms with E-state index in [1.807, 2.05) is 12.1 Å². The third-order valence-corrected chi connectivity index (χ3v) is 13.0. The van der Waals surface area contributed by atoms with Gasteiger partial charge in [0.15, 0.2) is 0 Å². The topological polar surface area (TPSA) is 23.0 Å². The van der Waals surface area contributed by atoms with E-state index in [1.165, 1.54) is 88.1 Å². The molecule has 0 saturated carbocycles. The van der Waals surface area contributed by atoms with Crippen molar-refractivity contribution in [1.82, 2.24) is 9.13 Å². The molecule has 0 fully saturated rings. The molecule has 0 atom stereocenters. The third kappa shape index (κ3) is 5.75. The molecule has 10 aromatic carbocycles. The van der Waals surface area contributed by atoms with Crippen molar-refractivity contribution in [3.05, 3.63) is 231 Å². The molecular weight excluding hydrogens is 765 g/mol. The quantitative estimate of drug-likeness (QED) is 0.164. The number of para-hydroxylation sites is 2. The van der Waals surface area contributed by atoms with Gasteiger partial charge < -0.3 is 13.6 Å². The second-order valence-corrected chi connectivity index (χ2v) is 16.5. The molecule has 63 heavy (non-hydrogen) atoms. The van der Waals surface area contributed by atoms with Crippen molar-refractivity contribution in [3.63, 3.8) is 0 Å². The molecule has 0 bridgehead atoms. The summed E-state index contributed by atoms with van der Waals surface area (Å²) in [6.07, 6.45) is 0. The fourth-order valence-corrected chi connectivity index (χ4v) is 9.84. The predicted octanol–water partition coefficient (Wildman–Crippen LogP) is 16.4. The van der Waals surface area contributed by atoms with E-state index in [2.05, 4.69) is 228 Å². The largest absolute Gasteiger partial charge is 0.456 e. The minimum absolute atomic E-state index is 0.915. The Kier molecular flexibility index (Phi) is 7.91. The normalized spacial score (nSPS) is 11.8. The lowest BCUT2D eigenvalue weighted by Gasteiger charge is -2.12. The molecule has 0 amide bonds. The maximum atomic E-state index is 6.30. The zero-order valence-electron chi connectivity index (χ0n) is 34.2. The summed E-state index contributed by atoms with van der Waals surface area (Å²) >= 11 is 0. The summed E-state index contributed by atoms with van der Waals surface area (Å²) in [6, 6.07) is 83.5. The average molecular weight is 803 g/mol. The number of aromatic nitrogens is 2. The Morgan fingerprint density at radius 1 is 0.222 bits per heavy atom. The van der Waals surface area contributed by atoms with Crippen molar-refractivity contribution in [2.24, 2.45) is 0 Å². The van der Waals surface area contributed by atoms with Crippen LogP contribution in [-0.2, 0) is 0 Å². The first kappa shape index (κ1) is 35.4. The second kappa shape index (κ2) is 14.1. The van der Waals surface area contributed by atoms with Crippen LogP contribution in [0.25, 0.3) is 121 Å². The van der Waals surface area contributed by atoms with Gasteiger partial charge in [-0.25, -0.2) is 0 Å². The minimum Gasteiger partial charge on any atom is -0.456 e. The van der Waals surface area contributed by atoms with Crippen molar-refractivity contribution >= 4 is 65.6 Å². The molecule has 13 rings (SSSR count). The SMILES string of the molecule is c1ccc(-c2ccc3c4ccc(-c5ccccc5)cc4n(-c4ccc(-c5ccc(-c6ccc(-n7c8ccccc8c8cc9oc%10ccccc%10c9cc87)cc6)cc5)cc4)c3c2)cc1. The Morgan fingerprint density at radius 2 is 0.619 bits per heavy atom. The fourth-order valence-electron chi connectivity index (χ4n) is 9.84. The van der Waals surface area contributed by atoms with Crippen LogP contribution in [0.4, 0.5) is 0 Å². The zero-order chi connectivity index (χ0) is 41.4. The average Bonchev–Trinajstić information content (AvgIpc) is 4.00. The number of nitrogens with zero attached hydrogens (tertiary/aromatic N) is 2. The van der Waals surface area contributed by atoms with E-state index in [0.29, 0.717) is 0 Å². The molecule has 3 nitrogen and oxygen atoms in total. The monoisotopic (exact) mass is 802 g/mol. The molecule has 0 aliphatic rings. The molecule has 3 heterocycles. The first-order valence-electron chi connectivity index (χ1n) is 21.6. The smallest absolute Gasteiger partial charge is 0.136 e. The Balaban J connectivity index is 0.839. The van der Waals surface area contributed by atoms with Crippen LogP contribution in [0.1, 0.15) is 0 Å². The minimum atomic E-state index is 0.915. The van der Waals surface area contributed by atoms with Crippen molar-refractivity contribution < 1.29 is 4.42 Å². The molecule has 3 aromatic heterocycles. The maximum absolute atomic E-state index is 6.30. The molecule has 294 valence electrons. The summed E-state index contributed by atoms with van der Waals surface area (Å²) in [5, 5.41) is 7.17. The van der Waals surface area contributed by atoms with Crippen molar-refractivity contribution in [2.75, 3.05) is 0 Å². The van der Waals surface area contributed by atoms with Gasteiger partial charge in [-0.3, -0.25) is 0 Å². The summed E-state index contributed by atoms with van der Waals surface area (Å²) in [6.45, 7) is 0. The summed E-state index contributed by atoms with van der Waals surface area (Å²) in [7, 11) is 0. The Labute approximate surface area is 363 Å². The predicted molar refractivity (Wildman–Crippen MR) is 264 cm³/mol. The molecular formula is C60H38N2O. The third-order valence-electron chi connectivity index (χ3n) is 13.0. The van der Waals surface area contributed by atoms with E-state index in [0.717, 1.165) is 33.3 Å². The van der Waals surface area contributed by atoms with Gasteiger partial charge in [-0.2, -0.15) is 0 Å². The van der Waals surface area contributed by atoms with Gasteiger partial charge in [0.05, 0.1) is 22.1 Å². The van der Waals surface area contributed by atoms with Gasteiger partial charge in [-0.05, 0) is 105 Å². The van der Waals surface area contributed by atoms with Crippen LogP contribution in [0.3, 0.4) is 0 Å². The van der Waals surface area contributed by atoms with Crippen molar-refractivity contribution in [2.45, 2.75) is 0 Å². The van der Waals surface area contributed by atoms with Gasteiger partial charge in [-0.1, -0.05) is 170 Å². The summed E-state index contributed by atoms with van der Waals surface area (Å²) < 4.78 is 11.1. The highest BCUT2D eigenvalue weighted by atomic mass is 16.3. The lowest BCUT2D eigenvalue weighted by Crippen LogP contribution is -1.94. The number of fused-ring (bicyclic) bond motifs is 9. The molecule has 0 aliphatic heterocycles. The number of hydrogen-bond acceptors (Lipinski definition) is 1. The van der Waals surface area contributed by atoms with Crippen LogP contribution >= 0.6 is 0 Å². The zero-order valence-corrected chi connectivity index (χ0v) is 34.2. The summed E-state index contributed by atoms with van der Waals surface area (Å²) in [4.78, 5) is 0. The van der Waals surface area contributed by atoms with Gasteiger partial charge >= 0.3 is 0 Å². The van der Waals surface area contributed by atoms with E-state index in [-0.39, 0.29) is 0 Å². The van der Waals surface area contributed by atoms with Gasteiger partial charge in [0.1, 0.15) is 11.2 Å². The molecule has 0 aliphatic carbocycles. The van der Waals surface area contributed by atoms with E-state index >= 15 is 0 Å². The first-order chi connectivity index (χ1) is 31.2. The Morgan fingerprint density at radius 3 is 1.17 bits per heavy atom. The Bertz CT molecular complexity index is 3760. The molecule has 0 N–H and O–H groups in total. The van der Waals surface area contributed by atoms with E-state index < -0.39 is 0 Å². The molecule has 0 radical (unpaired) electrons. The molecule has 13 aromatic rings. The van der Waals surface area contributed by atoms with E-state index in [9.17, 15) is 0 Å².